The van der Waals surface area contributed by atoms with Crippen molar-refractivity contribution in [1.82, 2.24) is 10.2 Å². The number of unbranched alkanes of at least 4 members (excludes halogenated alkanes) is 1. The molecular formula is C17H34IN3O. The second-order valence-electron chi connectivity index (χ2n) is 6.52. The predicted octanol–water partition coefficient (Wildman–Crippen LogP) is 3.65. The molecule has 1 aliphatic heterocycles. The van der Waals surface area contributed by atoms with Crippen molar-refractivity contribution in [3.8, 4) is 0 Å². The molecule has 2 fully saturated rings. The minimum Gasteiger partial charge on any atom is -0.382 e. The van der Waals surface area contributed by atoms with E-state index in [9.17, 15) is 0 Å². The van der Waals surface area contributed by atoms with Gasteiger partial charge in [0.1, 0.15) is 0 Å². The number of aliphatic imine (C=N–C) groups is 1. The fourth-order valence-electron chi connectivity index (χ4n) is 3.72. The van der Waals surface area contributed by atoms with Gasteiger partial charge in [-0.2, -0.15) is 0 Å². The van der Waals surface area contributed by atoms with Crippen LogP contribution in [0.2, 0.25) is 0 Å². The van der Waals surface area contributed by atoms with Crippen LogP contribution in [0.15, 0.2) is 4.99 Å². The smallest absolute Gasteiger partial charge is 0.193 e. The van der Waals surface area contributed by atoms with Crippen LogP contribution in [0.5, 0.6) is 0 Å². The maximum atomic E-state index is 5.38. The van der Waals surface area contributed by atoms with E-state index in [0.29, 0.717) is 5.41 Å². The van der Waals surface area contributed by atoms with E-state index in [1.54, 1.807) is 0 Å². The molecule has 2 aliphatic rings. The molecule has 2 rings (SSSR count). The van der Waals surface area contributed by atoms with Gasteiger partial charge in [-0.15, -0.1) is 24.0 Å². The second-order valence-corrected chi connectivity index (χ2v) is 6.52. The van der Waals surface area contributed by atoms with Crippen molar-refractivity contribution in [2.75, 3.05) is 39.4 Å². The number of hydrogen-bond acceptors (Lipinski definition) is 2. The van der Waals surface area contributed by atoms with Crippen molar-refractivity contribution in [1.29, 1.82) is 0 Å². The van der Waals surface area contributed by atoms with E-state index in [1.165, 1.54) is 45.2 Å². The summed E-state index contributed by atoms with van der Waals surface area (Å²) in [5.41, 5.74) is 0.616. The zero-order valence-electron chi connectivity index (χ0n) is 14.4. The molecule has 0 unspecified atom stereocenters. The van der Waals surface area contributed by atoms with E-state index in [-0.39, 0.29) is 24.0 Å². The highest BCUT2D eigenvalue weighted by Gasteiger charge is 2.40. The van der Waals surface area contributed by atoms with Gasteiger partial charge in [0.15, 0.2) is 5.96 Å². The van der Waals surface area contributed by atoms with Gasteiger partial charge in [0.2, 0.25) is 0 Å². The first-order chi connectivity index (χ1) is 10.3. The molecule has 1 aliphatic carbocycles. The first kappa shape index (κ1) is 20.0. The first-order valence-electron chi connectivity index (χ1n) is 8.91. The number of halogens is 1. The van der Waals surface area contributed by atoms with Crippen LogP contribution in [0.4, 0.5) is 0 Å². The highest BCUT2D eigenvalue weighted by molar-refractivity contribution is 14.0. The van der Waals surface area contributed by atoms with Crippen molar-refractivity contribution >= 4 is 29.9 Å². The molecule has 22 heavy (non-hydrogen) atoms. The van der Waals surface area contributed by atoms with Crippen molar-refractivity contribution in [3.05, 3.63) is 0 Å². The van der Waals surface area contributed by atoms with Crippen LogP contribution in [0.25, 0.3) is 0 Å². The summed E-state index contributed by atoms with van der Waals surface area (Å²) >= 11 is 0. The molecule has 0 aromatic rings. The summed E-state index contributed by atoms with van der Waals surface area (Å²) in [4.78, 5) is 7.32. The maximum absolute atomic E-state index is 5.38. The molecule has 4 nitrogen and oxygen atoms in total. The summed E-state index contributed by atoms with van der Waals surface area (Å²) < 4.78 is 5.38. The van der Waals surface area contributed by atoms with Crippen LogP contribution in [0.3, 0.4) is 0 Å². The van der Waals surface area contributed by atoms with E-state index >= 15 is 0 Å². The van der Waals surface area contributed by atoms with Crippen LogP contribution in [-0.4, -0.2) is 50.3 Å². The molecule has 1 N–H and O–H groups in total. The maximum Gasteiger partial charge on any atom is 0.193 e. The lowest BCUT2D eigenvalue weighted by Crippen LogP contribution is -2.41. The summed E-state index contributed by atoms with van der Waals surface area (Å²) in [5.74, 6) is 1.14. The highest BCUT2D eigenvalue weighted by Crippen LogP contribution is 2.45. The molecule has 5 heteroatoms. The highest BCUT2D eigenvalue weighted by atomic mass is 127. The van der Waals surface area contributed by atoms with Crippen LogP contribution in [0.1, 0.15) is 58.8 Å². The van der Waals surface area contributed by atoms with E-state index in [4.69, 9.17) is 9.73 Å². The lowest BCUT2D eigenvalue weighted by molar-refractivity contribution is 0.144. The van der Waals surface area contributed by atoms with Crippen molar-refractivity contribution in [2.24, 2.45) is 10.4 Å². The summed E-state index contributed by atoms with van der Waals surface area (Å²) in [5, 5.41) is 3.48. The Hall–Kier alpha value is -0.0400. The van der Waals surface area contributed by atoms with E-state index in [2.05, 4.69) is 17.1 Å². The van der Waals surface area contributed by atoms with Gasteiger partial charge in [-0.05, 0) is 51.4 Å². The molecular weight excluding hydrogens is 389 g/mol. The normalized spacial score (nSPS) is 20.5. The van der Waals surface area contributed by atoms with Gasteiger partial charge >= 0.3 is 0 Å². The lowest BCUT2D eigenvalue weighted by Gasteiger charge is -2.26. The number of guanidine groups is 1. The average Bonchev–Trinajstić information content (AvgIpc) is 3.12. The third-order valence-electron chi connectivity index (χ3n) is 4.90. The summed E-state index contributed by atoms with van der Waals surface area (Å²) in [6, 6.07) is 0. The van der Waals surface area contributed by atoms with Gasteiger partial charge in [0.05, 0.1) is 0 Å². The number of nitrogens with one attached hydrogen (secondary N) is 1. The van der Waals surface area contributed by atoms with Crippen LogP contribution in [0, 0.1) is 5.41 Å². The third kappa shape index (κ3) is 5.87. The van der Waals surface area contributed by atoms with Crippen LogP contribution in [-0.2, 0) is 4.74 Å². The molecule has 1 saturated heterocycles. The minimum atomic E-state index is 0. The fourth-order valence-corrected chi connectivity index (χ4v) is 3.72. The van der Waals surface area contributed by atoms with Crippen molar-refractivity contribution in [2.45, 2.75) is 58.8 Å². The van der Waals surface area contributed by atoms with Gasteiger partial charge < -0.3 is 15.0 Å². The first-order valence-corrected chi connectivity index (χ1v) is 8.91. The number of rotatable bonds is 7. The molecule has 0 bridgehead atoms. The Kier molecular flexibility index (Phi) is 9.71. The molecule has 0 atom stereocenters. The summed E-state index contributed by atoms with van der Waals surface area (Å²) in [6.45, 7) is 10.2. The number of hydrogen-bond donors (Lipinski definition) is 1. The van der Waals surface area contributed by atoms with E-state index in [1.807, 2.05) is 6.92 Å². The van der Waals surface area contributed by atoms with Crippen molar-refractivity contribution < 1.29 is 4.74 Å². The van der Waals surface area contributed by atoms with Crippen LogP contribution >= 0.6 is 24.0 Å². The van der Waals surface area contributed by atoms with Gasteiger partial charge in [-0.25, -0.2) is 0 Å². The molecule has 0 radical (unpaired) electrons. The SMILES string of the molecule is CCNC(=NCCCCOCC)N1CCC2(CCCC2)C1.I. The Bertz CT molecular complexity index is 330. The van der Waals surface area contributed by atoms with Gasteiger partial charge in [-0.3, -0.25) is 4.99 Å². The molecule has 1 saturated carbocycles. The average molecular weight is 423 g/mol. The minimum absolute atomic E-state index is 0. The largest absolute Gasteiger partial charge is 0.382 e. The molecule has 0 aromatic carbocycles. The Balaban J connectivity index is 0.00000242. The number of nitrogens with zero attached hydrogens (tertiary/aromatic N) is 2. The van der Waals surface area contributed by atoms with Crippen molar-refractivity contribution in [3.63, 3.8) is 0 Å². The Morgan fingerprint density at radius 1 is 1.18 bits per heavy atom. The lowest BCUT2D eigenvalue weighted by atomic mass is 9.86. The Morgan fingerprint density at radius 3 is 2.64 bits per heavy atom. The Labute approximate surface area is 153 Å². The summed E-state index contributed by atoms with van der Waals surface area (Å²) in [6.07, 6.45) is 9.31. The molecule has 0 amide bonds. The van der Waals surface area contributed by atoms with Gasteiger partial charge in [0, 0.05) is 39.4 Å². The topological polar surface area (TPSA) is 36.9 Å². The predicted molar refractivity (Wildman–Crippen MR) is 104 cm³/mol. The molecule has 130 valence electrons. The zero-order valence-corrected chi connectivity index (χ0v) is 16.7. The standard InChI is InChI=1S/C17H33N3O.HI/c1-3-18-16(19-12-7-8-14-21-4-2)20-13-11-17(15-20)9-5-6-10-17;/h3-15H2,1-2H3,(H,18,19);1H. The Morgan fingerprint density at radius 2 is 1.95 bits per heavy atom. The van der Waals surface area contributed by atoms with Gasteiger partial charge in [0.25, 0.3) is 0 Å². The number of likely N-dealkylation sites (tertiary alicyclic amines) is 1. The summed E-state index contributed by atoms with van der Waals surface area (Å²) in [7, 11) is 0. The third-order valence-corrected chi connectivity index (χ3v) is 4.90. The monoisotopic (exact) mass is 423 g/mol. The molecule has 0 aromatic heterocycles. The van der Waals surface area contributed by atoms with E-state index in [0.717, 1.165) is 45.1 Å². The quantitative estimate of drug-likeness (QED) is 0.294. The molecule has 1 heterocycles. The zero-order chi connectivity index (χ0) is 15.0. The van der Waals surface area contributed by atoms with E-state index < -0.39 is 0 Å². The van der Waals surface area contributed by atoms with Crippen LogP contribution < -0.4 is 5.32 Å². The fraction of sp³-hybridized carbons (Fsp3) is 0.941. The molecule has 1 spiro atoms. The van der Waals surface area contributed by atoms with Gasteiger partial charge in [-0.1, -0.05) is 12.8 Å². The number of ether oxygens (including phenoxy) is 1. The second kappa shape index (κ2) is 10.7.